The predicted molar refractivity (Wildman–Crippen MR) is 85.1 cm³/mol. The Morgan fingerprint density at radius 3 is 2.87 bits per heavy atom. The molecule has 0 aromatic carbocycles. The van der Waals surface area contributed by atoms with Gasteiger partial charge < -0.3 is 14.3 Å². The van der Waals surface area contributed by atoms with Crippen molar-refractivity contribution in [1.82, 2.24) is 15.4 Å². The van der Waals surface area contributed by atoms with Gasteiger partial charge in [-0.3, -0.25) is 10.2 Å². The zero-order chi connectivity index (χ0) is 16.1. The minimum absolute atomic E-state index is 0.0510. The van der Waals surface area contributed by atoms with Crippen LogP contribution >= 0.6 is 0 Å². The van der Waals surface area contributed by atoms with Crippen molar-refractivity contribution in [2.45, 2.75) is 32.2 Å². The number of aromatic nitrogens is 1. The number of rotatable bonds is 5. The second kappa shape index (κ2) is 7.32. The maximum absolute atomic E-state index is 12.0. The third-order valence-electron chi connectivity index (χ3n) is 4.03. The van der Waals surface area contributed by atoms with E-state index < -0.39 is 0 Å². The lowest BCUT2D eigenvalue weighted by molar-refractivity contribution is 0.144. The maximum atomic E-state index is 12.0. The molecule has 2 aromatic heterocycles. The Labute approximate surface area is 135 Å². The van der Waals surface area contributed by atoms with Crippen LogP contribution in [0.15, 0.2) is 33.4 Å². The molecule has 0 radical (unpaired) electrons. The van der Waals surface area contributed by atoms with Crippen LogP contribution < -0.4 is 10.6 Å². The fourth-order valence-corrected chi connectivity index (χ4v) is 2.90. The number of anilines is 1. The predicted octanol–water partition coefficient (Wildman–Crippen LogP) is 2.92. The number of carbonyl (C=O) groups is 1. The van der Waals surface area contributed by atoms with Crippen molar-refractivity contribution < 1.29 is 13.7 Å². The molecule has 2 N–H and O–H groups in total. The summed E-state index contributed by atoms with van der Waals surface area (Å²) in [6.07, 6.45) is 5.30. The Hall–Kier alpha value is -2.28. The number of piperidine rings is 1. The third kappa shape index (κ3) is 4.13. The molecule has 0 bridgehead atoms. The highest BCUT2D eigenvalue weighted by molar-refractivity contribution is 5.88. The van der Waals surface area contributed by atoms with Gasteiger partial charge in [-0.15, -0.1) is 0 Å². The quantitative estimate of drug-likeness (QED) is 0.885. The largest absolute Gasteiger partial charge is 0.468 e. The van der Waals surface area contributed by atoms with Crippen molar-refractivity contribution >= 4 is 11.8 Å². The maximum Gasteiger partial charge on any atom is 0.320 e. The van der Waals surface area contributed by atoms with Crippen molar-refractivity contribution in [2.75, 3.05) is 25.0 Å². The second-order valence-corrected chi connectivity index (χ2v) is 5.79. The summed E-state index contributed by atoms with van der Waals surface area (Å²) in [5.41, 5.74) is 0. The van der Waals surface area contributed by atoms with E-state index in [0.29, 0.717) is 18.1 Å². The summed E-state index contributed by atoms with van der Waals surface area (Å²) in [6, 6.07) is 5.26. The molecule has 1 aliphatic rings. The van der Waals surface area contributed by atoms with Crippen molar-refractivity contribution in [1.29, 1.82) is 0 Å². The summed E-state index contributed by atoms with van der Waals surface area (Å²) in [4.78, 5) is 14.4. The number of hydrogen-bond acceptors (Lipinski definition) is 5. The van der Waals surface area contributed by atoms with Gasteiger partial charge in [0, 0.05) is 12.6 Å². The first kappa shape index (κ1) is 15.6. The minimum atomic E-state index is -0.299. The van der Waals surface area contributed by atoms with E-state index in [2.05, 4.69) is 20.7 Å². The highest BCUT2D eigenvalue weighted by Gasteiger charge is 2.24. The molecule has 2 amide bonds. The molecule has 7 heteroatoms. The van der Waals surface area contributed by atoms with Crippen LogP contribution in [0.4, 0.5) is 10.6 Å². The number of urea groups is 1. The minimum Gasteiger partial charge on any atom is -0.468 e. The molecule has 3 heterocycles. The SMILES string of the molecule is Cc1cc(NC(=O)NC[C@@H](c2ccco2)N2CCCCC2)no1. The first-order chi connectivity index (χ1) is 11.2. The fraction of sp³-hybridized carbons (Fsp3) is 0.500. The number of carbonyl (C=O) groups excluding carboxylic acids is 1. The van der Waals surface area contributed by atoms with E-state index in [1.807, 2.05) is 12.1 Å². The van der Waals surface area contributed by atoms with Gasteiger partial charge in [-0.1, -0.05) is 11.6 Å². The second-order valence-electron chi connectivity index (χ2n) is 5.79. The number of furan rings is 1. The number of amides is 2. The first-order valence-corrected chi connectivity index (χ1v) is 7.98. The third-order valence-corrected chi connectivity index (χ3v) is 4.03. The summed E-state index contributed by atoms with van der Waals surface area (Å²) in [7, 11) is 0. The Morgan fingerprint density at radius 1 is 1.39 bits per heavy atom. The number of nitrogens with one attached hydrogen (secondary N) is 2. The van der Waals surface area contributed by atoms with Crippen molar-refractivity contribution in [3.05, 3.63) is 36.0 Å². The van der Waals surface area contributed by atoms with Crippen LogP contribution in [-0.4, -0.2) is 35.7 Å². The smallest absolute Gasteiger partial charge is 0.320 e. The van der Waals surface area contributed by atoms with Gasteiger partial charge in [0.1, 0.15) is 11.5 Å². The van der Waals surface area contributed by atoms with E-state index in [1.165, 1.54) is 19.3 Å². The van der Waals surface area contributed by atoms with Gasteiger partial charge in [0.05, 0.1) is 12.3 Å². The summed E-state index contributed by atoms with van der Waals surface area (Å²) in [5.74, 6) is 1.94. The van der Waals surface area contributed by atoms with E-state index in [9.17, 15) is 4.79 Å². The normalized spacial score (nSPS) is 16.9. The van der Waals surface area contributed by atoms with Crippen LogP contribution in [0.25, 0.3) is 0 Å². The number of nitrogens with zero attached hydrogens (tertiary/aromatic N) is 2. The Kier molecular flexibility index (Phi) is 4.97. The van der Waals surface area contributed by atoms with E-state index in [0.717, 1.165) is 18.8 Å². The number of aryl methyl sites for hydroxylation is 1. The fourth-order valence-electron chi connectivity index (χ4n) is 2.90. The monoisotopic (exact) mass is 318 g/mol. The molecule has 0 aliphatic carbocycles. The molecular formula is C16H22N4O3. The van der Waals surface area contributed by atoms with Gasteiger partial charge in [0.25, 0.3) is 0 Å². The van der Waals surface area contributed by atoms with Crippen LogP contribution in [0.2, 0.25) is 0 Å². The highest BCUT2D eigenvalue weighted by Crippen LogP contribution is 2.24. The molecule has 1 saturated heterocycles. The number of likely N-dealkylation sites (tertiary alicyclic amines) is 1. The lowest BCUT2D eigenvalue weighted by Gasteiger charge is -2.33. The van der Waals surface area contributed by atoms with Crippen LogP contribution in [0.1, 0.15) is 36.8 Å². The molecule has 3 rings (SSSR count). The topological polar surface area (TPSA) is 83.5 Å². The molecule has 1 atom stereocenters. The van der Waals surface area contributed by atoms with E-state index in [1.54, 1.807) is 19.3 Å². The first-order valence-electron chi connectivity index (χ1n) is 7.98. The molecule has 1 fully saturated rings. The Bertz CT molecular complexity index is 617. The van der Waals surface area contributed by atoms with Gasteiger partial charge in [-0.2, -0.15) is 0 Å². The summed E-state index contributed by atoms with van der Waals surface area (Å²) >= 11 is 0. The molecule has 124 valence electrons. The van der Waals surface area contributed by atoms with Crippen LogP contribution in [-0.2, 0) is 0 Å². The van der Waals surface area contributed by atoms with E-state index in [4.69, 9.17) is 8.94 Å². The van der Waals surface area contributed by atoms with Crippen LogP contribution in [0.5, 0.6) is 0 Å². The van der Waals surface area contributed by atoms with Gasteiger partial charge in [0.2, 0.25) is 0 Å². The number of hydrogen-bond donors (Lipinski definition) is 2. The van der Waals surface area contributed by atoms with E-state index >= 15 is 0 Å². The Morgan fingerprint density at radius 2 is 2.22 bits per heavy atom. The summed E-state index contributed by atoms with van der Waals surface area (Å²) < 4.78 is 10.5. The van der Waals surface area contributed by atoms with Crippen molar-refractivity contribution in [2.24, 2.45) is 0 Å². The zero-order valence-corrected chi connectivity index (χ0v) is 13.2. The standard InChI is InChI=1S/C16H22N4O3/c1-12-10-15(19-23-12)18-16(21)17-11-13(14-6-5-9-22-14)20-7-3-2-4-8-20/h5-6,9-10,13H,2-4,7-8,11H2,1H3,(H2,17,18,19,21)/t13-/m0/s1. The summed E-state index contributed by atoms with van der Waals surface area (Å²) in [5, 5.41) is 9.30. The molecule has 2 aromatic rings. The van der Waals surface area contributed by atoms with Gasteiger partial charge in [0.15, 0.2) is 5.82 Å². The Balaban J connectivity index is 1.58. The molecule has 1 aliphatic heterocycles. The zero-order valence-electron chi connectivity index (χ0n) is 13.2. The molecule has 23 heavy (non-hydrogen) atoms. The molecule has 7 nitrogen and oxygen atoms in total. The average Bonchev–Trinajstić information content (AvgIpc) is 3.21. The average molecular weight is 318 g/mol. The molecular weight excluding hydrogens is 296 g/mol. The lowest BCUT2D eigenvalue weighted by Crippen LogP contribution is -2.41. The van der Waals surface area contributed by atoms with Gasteiger partial charge in [-0.25, -0.2) is 4.79 Å². The van der Waals surface area contributed by atoms with E-state index in [-0.39, 0.29) is 12.1 Å². The highest BCUT2D eigenvalue weighted by atomic mass is 16.5. The van der Waals surface area contributed by atoms with Crippen LogP contribution in [0, 0.1) is 6.92 Å². The van der Waals surface area contributed by atoms with Crippen molar-refractivity contribution in [3.8, 4) is 0 Å². The van der Waals surface area contributed by atoms with Crippen molar-refractivity contribution in [3.63, 3.8) is 0 Å². The van der Waals surface area contributed by atoms with Gasteiger partial charge in [-0.05, 0) is 45.0 Å². The molecule has 0 unspecified atom stereocenters. The lowest BCUT2D eigenvalue weighted by atomic mass is 10.1. The molecule has 0 spiro atoms. The van der Waals surface area contributed by atoms with Gasteiger partial charge >= 0.3 is 6.03 Å². The molecule has 0 saturated carbocycles. The van der Waals surface area contributed by atoms with Crippen LogP contribution in [0.3, 0.4) is 0 Å². The summed E-state index contributed by atoms with van der Waals surface area (Å²) in [6.45, 7) is 4.31.